The van der Waals surface area contributed by atoms with Gasteiger partial charge in [-0.25, -0.2) is 14.8 Å². The van der Waals surface area contributed by atoms with E-state index in [1.807, 2.05) is 49.4 Å². The van der Waals surface area contributed by atoms with Gasteiger partial charge in [-0.15, -0.1) is 0 Å². The number of benzene rings is 3. The number of hydrogen-bond donors (Lipinski definition) is 0. The molecule has 6 heteroatoms. The molecule has 0 saturated carbocycles. The fraction of sp³-hybridized carbons (Fsp3) is 0.0769. The largest absolute Gasteiger partial charge is 0.423 e. The molecule has 0 fully saturated rings. The molecule has 32 heavy (non-hydrogen) atoms. The van der Waals surface area contributed by atoms with Crippen LogP contribution >= 0.6 is 0 Å². The second-order valence-electron chi connectivity index (χ2n) is 7.27. The number of ether oxygens (including phenoxy) is 1. The van der Waals surface area contributed by atoms with Gasteiger partial charge in [-0.1, -0.05) is 48.0 Å². The minimum absolute atomic E-state index is 0.120. The molecule has 0 aliphatic heterocycles. The van der Waals surface area contributed by atoms with Gasteiger partial charge in [0.05, 0.1) is 5.56 Å². The van der Waals surface area contributed by atoms with Gasteiger partial charge in [-0.05, 0) is 43.3 Å². The molecule has 4 aromatic rings. The van der Waals surface area contributed by atoms with Crippen LogP contribution in [0, 0.1) is 6.92 Å². The molecule has 158 valence electrons. The van der Waals surface area contributed by atoms with Crippen LogP contribution < -0.4 is 9.64 Å². The summed E-state index contributed by atoms with van der Waals surface area (Å²) in [6.07, 6.45) is 2.89. The fourth-order valence-corrected chi connectivity index (χ4v) is 3.08. The Bertz CT molecular complexity index is 1220. The Balaban J connectivity index is 1.41. The van der Waals surface area contributed by atoms with Crippen molar-refractivity contribution in [1.29, 1.82) is 0 Å². The van der Waals surface area contributed by atoms with Crippen molar-refractivity contribution in [1.82, 2.24) is 9.97 Å². The van der Waals surface area contributed by atoms with E-state index >= 15 is 0 Å². The number of aromatic nitrogens is 2. The zero-order valence-electron chi connectivity index (χ0n) is 17.7. The molecule has 0 radical (unpaired) electrons. The fourth-order valence-electron chi connectivity index (χ4n) is 3.08. The van der Waals surface area contributed by atoms with Crippen LogP contribution in [0.4, 0.5) is 5.69 Å². The molecule has 0 unspecified atom stereocenters. The van der Waals surface area contributed by atoms with E-state index in [1.165, 1.54) is 12.4 Å². The molecular formula is C26H21N3O3. The summed E-state index contributed by atoms with van der Waals surface area (Å²) in [6.45, 7) is 1.97. The van der Waals surface area contributed by atoms with Crippen LogP contribution in [-0.4, -0.2) is 28.9 Å². The molecule has 0 aliphatic carbocycles. The third kappa shape index (κ3) is 4.70. The summed E-state index contributed by atoms with van der Waals surface area (Å²) in [7, 11) is 1.70. The van der Waals surface area contributed by atoms with E-state index in [4.69, 9.17) is 4.74 Å². The number of rotatable bonds is 5. The van der Waals surface area contributed by atoms with Crippen LogP contribution in [-0.2, 0) is 0 Å². The monoisotopic (exact) mass is 423 g/mol. The van der Waals surface area contributed by atoms with E-state index in [1.54, 1.807) is 48.3 Å². The topological polar surface area (TPSA) is 72.4 Å². The molecule has 0 spiro atoms. The summed E-state index contributed by atoms with van der Waals surface area (Å²) < 4.78 is 5.42. The molecule has 3 aromatic carbocycles. The molecule has 0 N–H and O–H groups in total. The number of anilines is 1. The van der Waals surface area contributed by atoms with Gasteiger partial charge >= 0.3 is 5.97 Å². The van der Waals surface area contributed by atoms with Gasteiger partial charge in [0.15, 0.2) is 5.82 Å². The number of aryl methyl sites for hydroxylation is 1. The average molecular weight is 423 g/mol. The molecule has 1 heterocycles. The van der Waals surface area contributed by atoms with Crippen molar-refractivity contribution in [3.8, 4) is 17.1 Å². The molecule has 0 bridgehead atoms. The first kappa shape index (κ1) is 20.9. The molecule has 1 aromatic heterocycles. The molecule has 0 aliphatic rings. The maximum Gasteiger partial charge on any atom is 0.346 e. The van der Waals surface area contributed by atoms with Crippen molar-refractivity contribution in [2.45, 2.75) is 6.92 Å². The second-order valence-corrected chi connectivity index (χ2v) is 7.27. The van der Waals surface area contributed by atoms with Crippen LogP contribution in [0.1, 0.15) is 26.3 Å². The van der Waals surface area contributed by atoms with Crippen LogP contribution in [0.3, 0.4) is 0 Å². The molecule has 0 atom stereocenters. The summed E-state index contributed by atoms with van der Waals surface area (Å²) in [5.41, 5.74) is 3.50. The van der Waals surface area contributed by atoms with Crippen molar-refractivity contribution >= 4 is 17.6 Å². The van der Waals surface area contributed by atoms with Crippen molar-refractivity contribution in [2.24, 2.45) is 0 Å². The first-order chi connectivity index (χ1) is 15.5. The zero-order valence-corrected chi connectivity index (χ0v) is 17.7. The zero-order chi connectivity index (χ0) is 22.5. The summed E-state index contributed by atoms with van der Waals surface area (Å²) in [4.78, 5) is 35.1. The van der Waals surface area contributed by atoms with Gasteiger partial charge in [0.2, 0.25) is 0 Å². The van der Waals surface area contributed by atoms with Crippen molar-refractivity contribution < 1.29 is 14.3 Å². The van der Waals surface area contributed by atoms with E-state index in [0.717, 1.165) is 11.1 Å². The highest BCUT2D eigenvalue weighted by atomic mass is 16.5. The molecular weight excluding hydrogens is 402 g/mol. The van der Waals surface area contributed by atoms with Gasteiger partial charge in [-0.3, -0.25) is 4.79 Å². The minimum Gasteiger partial charge on any atom is -0.423 e. The van der Waals surface area contributed by atoms with Gasteiger partial charge in [0.1, 0.15) is 5.75 Å². The third-order valence-electron chi connectivity index (χ3n) is 4.96. The highest BCUT2D eigenvalue weighted by Crippen LogP contribution is 2.21. The lowest BCUT2D eigenvalue weighted by Crippen LogP contribution is -2.26. The predicted molar refractivity (Wildman–Crippen MR) is 123 cm³/mol. The second kappa shape index (κ2) is 9.22. The number of esters is 1. The summed E-state index contributed by atoms with van der Waals surface area (Å²) in [6, 6.07) is 23.7. The van der Waals surface area contributed by atoms with Crippen molar-refractivity contribution in [3.63, 3.8) is 0 Å². The van der Waals surface area contributed by atoms with E-state index in [2.05, 4.69) is 9.97 Å². The molecule has 1 amide bonds. The molecule has 0 saturated heterocycles. The van der Waals surface area contributed by atoms with E-state index in [0.29, 0.717) is 22.8 Å². The number of carbonyl (C=O) groups is 2. The maximum absolute atomic E-state index is 12.7. The Hall–Kier alpha value is -4.32. The number of nitrogens with zero attached hydrogens (tertiary/aromatic N) is 3. The lowest BCUT2D eigenvalue weighted by atomic mass is 10.1. The third-order valence-corrected chi connectivity index (χ3v) is 4.96. The minimum atomic E-state index is -0.554. The van der Waals surface area contributed by atoms with Crippen molar-refractivity contribution in [3.05, 3.63) is 108 Å². The summed E-state index contributed by atoms with van der Waals surface area (Å²) >= 11 is 0. The SMILES string of the molecule is Cc1ccc(C(=O)N(C)c2ccc(OC(=O)c3cnc(-c4ccccc4)nc3)cc2)cc1. The average Bonchev–Trinajstić information content (AvgIpc) is 2.85. The number of amides is 1. The van der Waals surface area contributed by atoms with Crippen LogP contribution in [0.15, 0.2) is 91.3 Å². The van der Waals surface area contributed by atoms with Gasteiger partial charge in [0.25, 0.3) is 5.91 Å². The number of carbonyl (C=O) groups excluding carboxylic acids is 2. The van der Waals surface area contributed by atoms with Crippen LogP contribution in [0.5, 0.6) is 5.75 Å². The van der Waals surface area contributed by atoms with E-state index < -0.39 is 5.97 Å². The lowest BCUT2D eigenvalue weighted by Gasteiger charge is -2.18. The molecule has 4 rings (SSSR count). The smallest absolute Gasteiger partial charge is 0.346 e. The van der Waals surface area contributed by atoms with E-state index in [9.17, 15) is 9.59 Å². The Morgan fingerprint density at radius 1 is 0.781 bits per heavy atom. The normalized spacial score (nSPS) is 10.4. The quantitative estimate of drug-likeness (QED) is 0.336. The Labute approximate surface area is 186 Å². The number of hydrogen-bond acceptors (Lipinski definition) is 5. The van der Waals surface area contributed by atoms with E-state index in [-0.39, 0.29) is 11.5 Å². The van der Waals surface area contributed by atoms with Crippen LogP contribution in [0.25, 0.3) is 11.4 Å². The summed E-state index contributed by atoms with van der Waals surface area (Å²) in [5.74, 6) is 0.224. The first-order valence-electron chi connectivity index (χ1n) is 10.1. The predicted octanol–water partition coefficient (Wildman–Crippen LogP) is 4.95. The standard InChI is InChI=1S/C26H21N3O3/c1-18-8-10-20(11-9-18)25(30)29(2)22-12-14-23(15-13-22)32-26(31)21-16-27-24(28-17-21)19-6-4-3-5-7-19/h3-17H,1-2H3. The van der Waals surface area contributed by atoms with Gasteiger partial charge in [0, 0.05) is 36.3 Å². The summed E-state index contributed by atoms with van der Waals surface area (Å²) in [5, 5.41) is 0. The highest BCUT2D eigenvalue weighted by molar-refractivity contribution is 6.05. The van der Waals surface area contributed by atoms with Crippen molar-refractivity contribution in [2.75, 3.05) is 11.9 Å². The van der Waals surface area contributed by atoms with Gasteiger partial charge in [-0.2, -0.15) is 0 Å². The Morgan fingerprint density at radius 2 is 1.41 bits per heavy atom. The molecule has 6 nitrogen and oxygen atoms in total. The Morgan fingerprint density at radius 3 is 2.03 bits per heavy atom. The highest BCUT2D eigenvalue weighted by Gasteiger charge is 2.15. The lowest BCUT2D eigenvalue weighted by molar-refractivity contribution is 0.0733. The first-order valence-corrected chi connectivity index (χ1v) is 10.1. The maximum atomic E-state index is 12.7. The van der Waals surface area contributed by atoms with Crippen LogP contribution in [0.2, 0.25) is 0 Å². The van der Waals surface area contributed by atoms with Gasteiger partial charge < -0.3 is 9.64 Å². The Kier molecular flexibility index (Phi) is 6.03.